The standard InChI is InChI=1S/C11H9F3N2O3/c1-7(8-5-3-2-4-6-8)9(16(18)19)15-10(17)11(12,13)14/h2-6,9H,1H2,(H,15,17). The summed E-state index contributed by atoms with van der Waals surface area (Å²) in [4.78, 5) is 20.4. The van der Waals surface area contributed by atoms with Crippen molar-refractivity contribution in [3.05, 3.63) is 52.6 Å². The lowest BCUT2D eigenvalue weighted by Gasteiger charge is -2.15. The molecule has 0 heterocycles. The molecule has 0 fully saturated rings. The highest BCUT2D eigenvalue weighted by molar-refractivity contribution is 5.84. The fraction of sp³-hybridized carbons (Fsp3) is 0.182. The maximum Gasteiger partial charge on any atom is 0.471 e. The summed E-state index contributed by atoms with van der Waals surface area (Å²) >= 11 is 0. The van der Waals surface area contributed by atoms with Crippen LogP contribution in [0.25, 0.3) is 5.57 Å². The number of nitrogens with one attached hydrogen (secondary N) is 1. The molecule has 1 atom stereocenters. The summed E-state index contributed by atoms with van der Waals surface area (Å²) in [5.41, 5.74) is 0.0369. The van der Waals surface area contributed by atoms with E-state index < -0.39 is 23.2 Å². The van der Waals surface area contributed by atoms with Crippen molar-refractivity contribution in [3.8, 4) is 0 Å². The van der Waals surface area contributed by atoms with Crippen molar-refractivity contribution < 1.29 is 22.9 Å². The summed E-state index contributed by atoms with van der Waals surface area (Å²) < 4.78 is 36.2. The van der Waals surface area contributed by atoms with E-state index in [9.17, 15) is 28.1 Å². The number of hydrogen-bond donors (Lipinski definition) is 1. The van der Waals surface area contributed by atoms with Crippen LogP contribution in [0, 0.1) is 10.1 Å². The minimum atomic E-state index is -5.19. The van der Waals surface area contributed by atoms with E-state index >= 15 is 0 Å². The first-order valence-electron chi connectivity index (χ1n) is 4.99. The van der Waals surface area contributed by atoms with Crippen LogP contribution < -0.4 is 5.32 Å². The number of rotatable bonds is 4. The predicted octanol–water partition coefficient (Wildman–Crippen LogP) is 1.98. The highest BCUT2D eigenvalue weighted by Gasteiger charge is 2.42. The summed E-state index contributed by atoms with van der Waals surface area (Å²) in [5, 5.41) is 12.0. The van der Waals surface area contributed by atoms with E-state index in [0.29, 0.717) is 0 Å². The second kappa shape index (κ2) is 5.51. The van der Waals surface area contributed by atoms with Gasteiger partial charge >= 0.3 is 18.2 Å². The molecule has 1 N–H and O–H groups in total. The van der Waals surface area contributed by atoms with Crippen LogP contribution in [0.3, 0.4) is 0 Å². The van der Waals surface area contributed by atoms with Gasteiger partial charge in [-0.25, -0.2) is 0 Å². The monoisotopic (exact) mass is 274 g/mol. The molecule has 1 unspecified atom stereocenters. The number of hydrogen-bond acceptors (Lipinski definition) is 3. The van der Waals surface area contributed by atoms with E-state index in [-0.39, 0.29) is 11.1 Å². The van der Waals surface area contributed by atoms with Crippen LogP contribution in [0.15, 0.2) is 36.9 Å². The molecule has 8 heteroatoms. The zero-order chi connectivity index (χ0) is 14.6. The molecule has 0 radical (unpaired) electrons. The van der Waals surface area contributed by atoms with Crippen LogP contribution >= 0.6 is 0 Å². The number of carbonyl (C=O) groups is 1. The van der Waals surface area contributed by atoms with Crippen molar-refractivity contribution in [2.24, 2.45) is 0 Å². The Labute approximate surface area is 105 Å². The van der Waals surface area contributed by atoms with Gasteiger partial charge in [-0.05, 0) is 5.56 Å². The van der Waals surface area contributed by atoms with E-state index in [1.807, 2.05) is 0 Å². The van der Waals surface area contributed by atoms with E-state index in [4.69, 9.17) is 0 Å². The van der Waals surface area contributed by atoms with Gasteiger partial charge in [-0.1, -0.05) is 36.9 Å². The lowest BCUT2D eigenvalue weighted by atomic mass is 10.1. The Morgan fingerprint density at radius 3 is 2.26 bits per heavy atom. The van der Waals surface area contributed by atoms with Crippen LogP contribution in [0.1, 0.15) is 5.56 Å². The minimum absolute atomic E-state index is 0.233. The predicted molar refractivity (Wildman–Crippen MR) is 60.5 cm³/mol. The third-order valence-electron chi connectivity index (χ3n) is 2.21. The molecule has 1 amide bonds. The van der Waals surface area contributed by atoms with Crippen LogP contribution in [0.5, 0.6) is 0 Å². The van der Waals surface area contributed by atoms with Gasteiger partial charge < -0.3 is 0 Å². The van der Waals surface area contributed by atoms with Gasteiger partial charge in [0.05, 0.1) is 4.92 Å². The molecule has 0 aliphatic carbocycles. The number of nitro groups is 1. The van der Waals surface area contributed by atoms with Crippen LogP contribution in [-0.4, -0.2) is 23.2 Å². The molecule has 102 valence electrons. The van der Waals surface area contributed by atoms with Gasteiger partial charge in [0.2, 0.25) is 0 Å². The number of alkyl halides is 3. The second-order valence-electron chi connectivity index (χ2n) is 3.55. The zero-order valence-electron chi connectivity index (χ0n) is 9.48. The average Bonchev–Trinajstić information content (AvgIpc) is 2.34. The minimum Gasteiger partial charge on any atom is -0.282 e. The van der Waals surface area contributed by atoms with Gasteiger partial charge in [0.25, 0.3) is 0 Å². The Balaban J connectivity index is 2.94. The SMILES string of the molecule is C=C(c1ccccc1)C(NC(=O)C(F)(F)F)[N+](=O)[O-]. The Kier molecular flexibility index (Phi) is 4.26. The second-order valence-corrected chi connectivity index (χ2v) is 3.55. The van der Waals surface area contributed by atoms with E-state index in [0.717, 1.165) is 0 Å². The Hall–Kier alpha value is -2.38. The molecule has 5 nitrogen and oxygen atoms in total. The molecule has 0 spiro atoms. The molecule has 0 aliphatic rings. The number of halogens is 3. The summed E-state index contributed by atoms with van der Waals surface area (Å²) in [6.07, 6.45) is -7.22. The highest BCUT2D eigenvalue weighted by atomic mass is 19.4. The Morgan fingerprint density at radius 2 is 1.84 bits per heavy atom. The smallest absolute Gasteiger partial charge is 0.282 e. The summed E-state index contributed by atoms with van der Waals surface area (Å²) in [6, 6.07) is 7.61. The van der Waals surface area contributed by atoms with Crippen molar-refractivity contribution >= 4 is 11.5 Å². The maximum atomic E-state index is 12.1. The normalized spacial score (nSPS) is 12.6. The zero-order valence-corrected chi connectivity index (χ0v) is 9.48. The fourth-order valence-electron chi connectivity index (χ4n) is 1.28. The molecule has 0 aromatic heterocycles. The molecule has 0 bridgehead atoms. The van der Waals surface area contributed by atoms with Crippen molar-refractivity contribution in [2.75, 3.05) is 0 Å². The summed E-state index contributed by atoms with van der Waals surface area (Å²) in [6.45, 7) is 3.36. The third kappa shape index (κ3) is 3.80. The lowest BCUT2D eigenvalue weighted by Crippen LogP contribution is -2.47. The van der Waals surface area contributed by atoms with E-state index in [2.05, 4.69) is 6.58 Å². The van der Waals surface area contributed by atoms with Crippen molar-refractivity contribution in [1.82, 2.24) is 5.32 Å². The van der Waals surface area contributed by atoms with Crippen LogP contribution in [0.4, 0.5) is 13.2 Å². The van der Waals surface area contributed by atoms with Gasteiger partial charge in [-0.2, -0.15) is 13.2 Å². The first-order valence-corrected chi connectivity index (χ1v) is 4.99. The highest BCUT2D eigenvalue weighted by Crippen LogP contribution is 2.19. The van der Waals surface area contributed by atoms with Crippen LogP contribution in [-0.2, 0) is 4.79 Å². The van der Waals surface area contributed by atoms with Gasteiger partial charge in [0, 0.05) is 5.57 Å². The fourth-order valence-corrected chi connectivity index (χ4v) is 1.28. The first-order chi connectivity index (χ1) is 8.73. The molecule has 19 heavy (non-hydrogen) atoms. The lowest BCUT2D eigenvalue weighted by molar-refractivity contribution is -0.510. The number of benzene rings is 1. The Morgan fingerprint density at radius 1 is 1.32 bits per heavy atom. The number of amides is 1. The molecule has 1 aromatic rings. The molecular formula is C11H9F3N2O3. The molecule has 1 rings (SSSR count). The first kappa shape index (κ1) is 14.7. The summed E-state index contributed by atoms with van der Waals surface area (Å²) in [5.74, 6) is -2.38. The third-order valence-corrected chi connectivity index (χ3v) is 2.21. The van der Waals surface area contributed by atoms with Gasteiger partial charge in [0.1, 0.15) is 0 Å². The van der Waals surface area contributed by atoms with Crippen LogP contribution in [0.2, 0.25) is 0 Å². The molecule has 0 saturated carbocycles. The molecule has 0 saturated heterocycles. The topological polar surface area (TPSA) is 72.2 Å². The largest absolute Gasteiger partial charge is 0.471 e. The molecule has 1 aromatic carbocycles. The van der Waals surface area contributed by atoms with Gasteiger partial charge in [-0.3, -0.25) is 20.2 Å². The van der Waals surface area contributed by atoms with Crippen molar-refractivity contribution in [2.45, 2.75) is 12.3 Å². The average molecular weight is 274 g/mol. The summed E-state index contributed by atoms with van der Waals surface area (Å²) in [7, 11) is 0. The number of nitrogens with zero attached hydrogens (tertiary/aromatic N) is 1. The van der Waals surface area contributed by atoms with Gasteiger partial charge in [-0.15, -0.1) is 0 Å². The maximum absolute atomic E-state index is 12.1. The number of carbonyl (C=O) groups excluding carboxylic acids is 1. The van der Waals surface area contributed by atoms with Crippen molar-refractivity contribution in [3.63, 3.8) is 0 Å². The van der Waals surface area contributed by atoms with Crippen molar-refractivity contribution in [1.29, 1.82) is 0 Å². The Bertz CT molecular complexity index is 500. The van der Waals surface area contributed by atoms with E-state index in [1.165, 1.54) is 17.4 Å². The molecular weight excluding hydrogens is 265 g/mol. The van der Waals surface area contributed by atoms with Gasteiger partial charge in [0.15, 0.2) is 0 Å². The quantitative estimate of drug-likeness (QED) is 0.518. The van der Waals surface area contributed by atoms with E-state index in [1.54, 1.807) is 18.2 Å². The molecule has 0 aliphatic heterocycles.